The van der Waals surface area contributed by atoms with Crippen LogP contribution in [0.15, 0.2) is 55.0 Å². The number of rotatable bonds is 1. The zero-order valence-corrected chi connectivity index (χ0v) is 10.6. The summed E-state index contributed by atoms with van der Waals surface area (Å²) in [4.78, 5) is 4.26. The molecule has 0 N–H and O–H groups in total. The standard InChI is InChI=1S/C16H15N2/c1-12-7-9-17-11-15(12)16-14-6-4-3-5-13(14)8-10-18(16)2/h3-11H,1-2H3/q+1. The Kier molecular flexibility index (Phi) is 2.56. The first-order chi connectivity index (χ1) is 8.77. The molecule has 0 saturated heterocycles. The molecule has 2 heterocycles. The van der Waals surface area contributed by atoms with E-state index in [-0.39, 0.29) is 0 Å². The molecule has 88 valence electrons. The normalized spacial score (nSPS) is 10.8. The molecule has 2 aromatic heterocycles. The number of fused-ring (bicyclic) bond motifs is 1. The molecule has 0 unspecified atom stereocenters. The molecule has 2 heteroatoms. The Morgan fingerprint density at radius 2 is 1.89 bits per heavy atom. The Balaban J connectivity index is 2.42. The van der Waals surface area contributed by atoms with E-state index in [0.29, 0.717) is 0 Å². The van der Waals surface area contributed by atoms with Crippen molar-refractivity contribution in [3.05, 3.63) is 60.6 Å². The fourth-order valence-corrected chi connectivity index (χ4v) is 2.36. The fraction of sp³-hybridized carbons (Fsp3) is 0.125. The van der Waals surface area contributed by atoms with E-state index in [0.717, 1.165) is 0 Å². The van der Waals surface area contributed by atoms with Gasteiger partial charge in [0.25, 0.3) is 0 Å². The average Bonchev–Trinajstić information content (AvgIpc) is 2.40. The number of hydrogen-bond donors (Lipinski definition) is 0. The molecular weight excluding hydrogens is 220 g/mol. The van der Waals surface area contributed by atoms with Crippen LogP contribution in [0.25, 0.3) is 22.0 Å². The van der Waals surface area contributed by atoms with Crippen LogP contribution in [0.1, 0.15) is 5.56 Å². The van der Waals surface area contributed by atoms with E-state index in [1.54, 1.807) is 0 Å². The van der Waals surface area contributed by atoms with E-state index >= 15 is 0 Å². The van der Waals surface area contributed by atoms with Gasteiger partial charge in [0.1, 0.15) is 7.05 Å². The van der Waals surface area contributed by atoms with Gasteiger partial charge in [-0.1, -0.05) is 18.2 Å². The van der Waals surface area contributed by atoms with Gasteiger partial charge in [-0.3, -0.25) is 4.98 Å². The van der Waals surface area contributed by atoms with Crippen LogP contribution < -0.4 is 4.57 Å². The summed E-state index contributed by atoms with van der Waals surface area (Å²) >= 11 is 0. The van der Waals surface area contributed by atoms with E-state index in [2.05, 4.69) is 66.1 Å². The number of aryl methyl sites for hydroxylation is 2. The molecule has 0 bridgehead atoms. The van der Waals surface area contributed by atoms with Crippen LogP contribution >= 0.6 is 0 Å². The maximum absolute atomic E-state index is 4.26. The highest BCUT2D eigenvalue weighted by atomic mass is 14.9. The number of benzene rings is 1. The minimum Gasteiger partial charge on any atom is -0.264 e. The van der Waals surface area contributed by atoms with Crippen molar-refractivity contribution in [3.63, 3.8) is 0 Å². The van der Waals surface area contributed by atoms with Gasteiger partial charge in [-0.2, -0.15) is 0 Å². The topological polar surface area (TPSA) is 16.8 Å². The third kappa shape index (κ3) is 1.66. The molecule has 3 rings (SSSR count). The predicted octanol–water partition coefficient (Wildman–Crippen LogP) is 3.03. The van der Waals surface area contributed by atoms with Crippen LogP contribution in [-0.2, 0) is 7.05 Å². The van der Waals surface area contributed by atoms with Gasteiger partial charge < -0.3 is 0 Å². The summed E-state index contributed by atoms with van der Waals surface area (Å²) in [7, 11) is 2.08. The van der Waals surface area contributed by atoms with Crippen LogP contribution in [-0.4, -0.2) is 4.98 Å². The molecule has 0 saturated carbocycles. The third-order valence-electron chi connectivity index (χ3n) is 3.34. The van der Waals surface area contributed by atoms with Gasteiger partial charge in [0.2, 0.25) is 5.69 Å². The summed E-state index contributed by atoms with van der Waals surface area (Å²) in [6, 6.07) is 12.7. The monoisotopic (exact) mass is 235 g/mol. The molecule has 2 nitrogen and oxygen atoms in total. The smallest absolute Gasteiger partial charge is 0.221 e. The SMILES string of the molecule is Cc1ccncc1-c1c2ccccc2cc[n+]1C. The quantitative estimate of drug-likeness (QED) is 0.592. The highest BCUT2D eigenvalue weighted by Crippen LogP contribution is 2.26. The van der Waals surface area contributed by atoms with Gasteiger partial charge in [0.15, 0.2) is 6.20 Å². The van der Waals surface area contributed by atoms with Gasteiger partial charge in [-0.05, 0) is 30.0 Å². The van der Waals surface area contributed by atoms with Crippen molar-refractivity contribution in [2.75, 3.05) is 0 Å². The molecule has 0 fully saturated rings. The lowest BCUT2D eigenvalue weighted by atomic mass is 10.0. The molecule has 1 aromatic carbocycles. The van der Waals surface area contributed by atoms with Crippen molar-refractivity contribution >= 4 is 10.8 Å². The molecule has 0 amide bonds. The second-order valence-electron chi connectivity index (χ2n) is 4.55. The van der Waals surface area contributed by atoms with Gasteiger partial charge in [0.05, 0.1) is 10.9 Å². The minimum atomic E-state index is 1.19. The van der Waals surface area contributed by atoms with Crippen LogP contribution in [0.4, 0.5) is 0 Å². The Bertz CT molecular complexity index is 717. The maximum Gasteiger partial charge on any atom is 0.221 e. The minimum absolute atomic E-state index is 1.19. The van der Waals surface area contributed by atoms with Crippen molar-refractivity contribution in [3.8, 4) is 11.3 Å². The highest BCUT2D eigenvalue weighted by molar-refractivity contribution is 5.93. The van der Waals surface area contributed by atoms with Crippen LogP contribution in [0.3, 0.4) is 0 Å². The van der Waals surface area contributed by atoms with Gasteiger partial charge in [-0.15, -0.1) is 0 Å². The molecule has 0 aliphatic rings. The van der Waals surface area contributed by atoms with E-state index in [9.17, 15) is 0 Å². The Morgan fingerprint density at radius 3 is 2.72 bits per heavy atom. The largest absolute Gasteiger partial charge is 0.264 e. The molecule has 3 aromatic rings. The highest BCUT2D eigenvalue weighted by Gasteiger charge is 2.16. The van der Waals surface area contributed by atoms with Crippen molar-refractivity contribution in [1.29, 1.82) is 0 Å². The van der Waals surface area contributed by atoms with Crippen molar-refractivity contribution in [1.82, 2.24) is 4.98 Å². The number of hydrogen-bond acceptors (Lipinski definition) is 1. The van der Waals surface area contributed by atoms with Gasteiger partial charge >= 0.3 is 0 Å². The van der Waals surface area contributed by atoms with Crippen molar-refractivity contribution in [2.45, 2.75) is 6.92 Å². The summed E-state index contributed by atoms with van der Waals surface area (Å²) in [6.45, 7) is 2.12. The number of pyridine rings is 2. The Hall–Kier alpha value is -2.22. The summed E-state index contributed by atoms with van der Waals surface area (Å²) < 4.78 is 2.16. The number of aromatic nitrogens is 2. The van der Waals surface area contributed by atoms with Crippen LogP contribution in [0.2, 0.25) is 0 Å². The zero-order valence-electron chi connectivity index (χ0n) is 10.6. The van der Waals surface area contributed by atoms with Crippen LogP contribution in [0, 0.1) is 6.92 Å². The average molecular weight is 235 g/mol. The van der Waals surface area contributed by atoms with Gasteiger partial charge in [0, 0.05) is 18.5 Å². The molecule has 0 aliphatic carbocycles. The summed E-state index contributed by atoms with van der Waals surface area (Å²) in [5.41, 5.74) is 3.66. The summed E-state index contributed by atoms with van der Waals surface area (Å²) in [6.07, 6.45) is 5.88. The first-order valence-electron chi connectivity index (χ1n) is 6.06. The molecule has 0 spiro atoms. The lowest BCUT2D eigenvalue weighted by Gasteiger charge is -2.06. The van der Waals surface area contributed by atoms with E-state index in [4.69, 9.17) is 0 Å². The van der Waals surface area contributed by atoms with E-state index in [1.807, 2.05) is 12.4 Å². The van der Waals surface area contributed by atoms with Crippen molar-refractivity contribution < 1.29 is 4.57 Å². The third-order valence-corrected chi connectivity index (χ3v) is 3.34. The summed E-state index contributed by atoms with van der Waals surface area (Å²) in [5, 5.41) is 2.52. The number of nitrogens with zero attached hydrogens (tertiary/aromatic N) is 2. The zero-order chi connectivity index (χ0) is 12.5. The first-order valence-corrected chi connectivity index (χ1v) is 6.06. The van der Waals surface area contributed by atoms with Gasteiger partial charge in [-0.25, -0.2) is 4.57 Å². The molecular formula is C16H15N2+. The predicted molar refractivity (Wildman–Crippen MR) is 73.1 cm³/mol. The van der Waals surface area contributed by atoms with Crippen LogP contribution in [0.5, 0.6) is 0 Å². The molecule has 0 aliphatic heterocycles. The first kappa shape index (κ1) is 10.9. The Morgan fingerprint density at radius 1 is 1.06 bits per heavy atom. The molecule has 0 atom stereocenters. The maximum atomic E-state index is 4.26. The lowest BCUT2D eigenvalue weighted by molar-refractivity contribution is -0.659. The second kappa shape index (κ2) is 4.22. The Labute approximate surface area is 107 Å². The van der Waals surface area contributed by atoms with E-state index in [1.165, 1.54) is 27.6 Å². The lowest BCUT2D eigenvalue weighted by Crippen LogP contribution is -2.30. The van der Waals surface area contributed by atoms with Crippen molar-refractivity contribution in [2.24, 2.45) is 7.05 Å². The molecule has 18 heavy (non-hydrogen) atoms. The second-order valence-corrected chi connectivity index (χ2v) is 4.55. The fourth-order valence-electron chi connectivity index (χ4n) is 2.36. The molecule has 0 radical (unpaired) electrons. The summed E-state index contributed by atoms with van der Waals surface area (Å²) in [5.74, 6) is 0. The van der Waals surface area contributed by atoms with E-state index < -0.39 is 0 Å².